The first-order chi connectivity index (χ1) is 51.4. The van der Waals surface area contributed by atoms with Gasteiger partial charge in [0.25, 0.3) is 5.91 Å². The lowest BCUT2D eigenvalue weighted by Crippen LogP contribution is -2.72. The van der Waals surface area contributed by atoms with Crippen LogP contribution in [-0.2, 0) is 94.5 Å². The molecule has 110 heavy (non-hydrogen) atoms. The van der Waals surface area contributed by atoms with Crippen molar-refractivity contribution in [1.29, 1.82) is 0 Å². The van der Waals surface area contributed by atoms with Gasteiger partial charge in [-0.2, -0.15) is 0 Å². The van der Waals surface area contributed by atoms with E-state index < -0.39 is 240 Å². The van der Waals surface area contributed by atoms with Gasteiger partial charge in [0.15, 0.2) is 67.8 Å². The number of ether oxygens (including phenoxy) is 11. The fraction of sp³-hybridized carbons (Fsp3) is 0.729. The summed E-state index contributed by atoms with van der Waals surface area (Å²) in [4.78, 5) is 102. The fourth-order valence-corrected chi connectivity index (χ4v) is 13.6. The summed E-state index contributed by atoms with van der Waals surface area (Å²) < 4.78 is 87.7. The summed E-state index contributed by atoms with van der Waals surface area (Å²) in [6.07, 6.45) is -35.5. The van der Waals surface area contributed by atoms with E-state index in [9.17, 15) is 109 Å². The Morgan fingerprint density at radius 2 is 1.30 bits per heavy atom. The number of aliphatic hydroxyl groups excluding tert-OH is 11. The number of carboxylic acid groups (broad SMARTS) is 1. The van der Waals surface area contributed by atoms with Crippen molar-refractivity contribution < 1.29 is 171 Å². The van der Waals surface area contributed by atoms with Gasteiger partial charge in [-0.25, -0.2) is 18.9 Å². The van der Waals surface area contributed by atoms with Crippen molar-refractivity contribution in [3.8, 4) is 0 Å². The van der Waals surface area contributed by atoms with Crippen LogP contribution in [0.15, 0.2) is 70.7 Å². The highest BCUT2D eigenvalue weighted by Gasteiger charge is 2.63. The van der Waals surface area contributed by atoms with Crippen LogP contribution < -0.4 is 21.7 Å². The Balaban J connectivity index is 1.20. The number of amides is 4. The summed E-state index contributed by atoms with van der Waals surface area (Å²) in [5, 5.41) is 150. The monoisotopic (exact) mass is 1600 g/mol. The molecule has 5 heterocycles. The molecule has 27 atom stereocenters. The summed E-state index contributed by atoms with van der Waals surface area (Å²) in [7, 11) is -5.89. The Morgan fingerprint density at radius 3 is 1.90 bits per heavy atom. The maximum atomic E-state index is 13.9. The lowest BCUT2D eigenvalue weighted by Gasteiger charge is -2.51. The average molecular weight is 1600 g/mol. The number of aliphatic carboxylic acids is 1. The predicted octanol–water partition coefficient (Wildman–Crippen LogP) is -1.60. The van der Waals surface area contributed by atoms with Crippen molar-refractivity contribution >= 4 is 49.4 Å². The van der Waals surface area contributed by atoms with Gasteiger partial charge in [0.2, 0.25) is 11.8 Å². The fourth-order valence-electron chi connectivity index (χ4n) is 12.7. The Morgan fingerprint density at radius 1 is 0.718 bits per heavy atom. The molecule has 5 fully saturated rings. The molecule has 1 aliphatic carbocycles. The molecule has 0 aromatic rings. The molecular weight excluding hydrogens is 1490 g/mol. The van der Waals surface area contributed by atoms with E-state index in [0.717, 1.165) is 57.1 Å². The number of nitrogens with two attached hydrogens (primary N) is 1. The minimum Gasteiger partial charge on any atom is -0.510 e. The second-order valence-corrected chi connectivity index (χ2v) is 30.5. The minimum atomic E-state index is -5.89. The van der Waals surface area contributed by atoms with Crippen molar-refractivity contribution in [1.82, 2.24) is 16.0 Å². The number of carbonyl (C=O) groups is 7. The van der Waals surface area contributed by atoms with Gasteiger partial charge in [0.05, 0.1) is 32.5 Å². The number of carboxylic acids is 1. The second kappa shape index (κ2) is 41.2. The molecule has 27 unspecified atom stereocenters. The molecule has 0 saturated carbocycles. The van der Waals surface area contributed by atoms with Crippen molar-refractivity contribution in [2.24, 2.45) is 11.1 Å². The predicted molar refractivity (Wildman–Crippen MR) is 374 cm³/mol. The normalized spacial score (nSPS) is 35.4. The van der Waals surface area contributed by atoms with Gasteiger partial charge in [0, 0.05) is 26.7 Å². The standard InChI is InChI=1S/C70H109N4O35P/c1-31(2)16-14-18-33(4)20-21-34(5)24-26-69(9,10)25-13-12-17-32(3)19-15-27-97-62(92)40(80)29-99-110(95,96)109-67-57(58(108-68(71)93)70(11,94)59(107-67)61(90)91)106-64-45(73-37(8)77)48(83)55(42(102-64)30-98-65-52(87)49(84)46(81)41(28-75)101-65)104-63-44(72-36(7)76)47(82)54(35(6)100-63)103-66-53(88)50(85)51(86)56(105-66)60(89)74-43-38(78)22-23-39(43)79/h13,16,19-20,25,35,40-42,44-59,63-67,75,78,80-88,94H,5,12,14-15,17-18,21-24,26-30H2,1-4,6-11H3,(H2,71,93)(H,72,76)(H,73,77)(H,74,89)(H,90,91)(H,95,96)/b25-13+,32-19+,33-20+. The number of primary amides is 1. The number of hydrogen-bond donors (Lipinski definition) is 18. The van der Waals surface area contributed by atoms with E-state index in [-0.39, 0.29) is 31.3 Å². The highest BCUT2D eigenvalue weighted by molar-refractivity contribution is 7.47. The van der Waals surface area contributed by atoms with Crippen molar-refractivity contribution in [3.63, 3.8) is 0 Å². The first-order valence-electron chi connectivity index (χ1n) is 35.8. The Labute approximate surface area is 634 Å². The number of phosphoric ester groups is 1. The van der Waals surface area contributed by atoms with Crippen LogP contribution in [0.3, 0.4) is 0 Å². The number of esters is 1. The zero-order valence-corrected chi connectivity index (χ0v) is 63.7. The van der Waals surface area contributed by atoms with Crippen LogP contribution in [0.5, 0.6) is 0 Å². The minimum absolute atomic E-state index is 0.0883. The SMILES string of the molecule is C=C(C/C=C(\C)CCC=C(C)C)CCC(C)(C)/C=C/CC/C(C)=C/CCOC(=O)C(O)COP(=O)(O)OC1OC(C(=O)O)C(C)(O)C(OC(N)=O)C1OC1OC(COC2OC(CO)C(O)C(O)C2O)C(OC2OC(C)C(OC3OC(C(=O)NC4=C(O)CCC4=O)C(O)C(O)C3O)C(O)C2NC(C)=O)C(O)C1NC(C)=O. The Kier molecular flexibility index (Phi) is 34.7. The highest BCUT2D eigenvalue weighted by atomic mass is 31.2. The molecule has 0 bridgehead atoms. The van der Waals surface area contributed by atoms with Crippen molar-refractivity contribution in [3.05, 3.63) is 70.7 Å². The molecule has 624 valence electrons. The molecule has 4 amide bonds. The molecule has 19 N–H and O–H groups in total. The molecule has 0 aromatic carbocycles. The largest absolute Gasteiger partial charge is 0.510 e. The Bertz CT molecular complexity index is 3380. The van der Waals surface area contributed by atoms with Crippen LogP contribution in [0.2, 0.25) is 0 Å². The van der Waals surface area contributed by atoms with Gasteiger partial charge >= 0.3 is 25.9 Å². The molecular formula is C70H109N4O35P. The van der Waals surface area contributed by atoms with Crippen molar-refractivity contribution in [2.45, 2.75) is 292 Å². The van der Waals surface area contributed by atoms with Gasteiger partial charge in [-0.3, -0.25) is 28.2 Å². The van der Waals surface area contributed by atoms with Crippen LogP contribution >= 0.6 is 7.82 Å². The van der Waals surface area contributed by atoms with Crippen LogP contribution in [-0.4, -0.2) is 298 Å². The van der Waals surface area contributed by atoms with Gasteiger partial charge in [-0.15, -0.1) is 0 Å². The summed E-state index contributed by atoms with van der Waals surface area (Å²) in [5.74, 6) is -7.85. The van der Waals surface area contributed by atoms with Gasteiger partial charge in [-0.1, -0.05) is 73.1 Å². The summed E-state index contributed by atoms with van der Waals surface area (Å²) in [6.45, 7) is 16.8. The zero-order valence-electron chi connectivity index (χ0n) is 62.8. The number of rotatable bonds is 37. The maximum absolute atomic E-state index is 13.9. The van der Waals surface area contributed by atoms with E-state index in [2.05, 4.69) is 81.5 Å². The Hall–Kier alpha value is -6.16. The number of carbonyl (C=O) groups excluding carboxylic acids is 6. The molecule has 5 saturated heterocycles. The number of allylic oxidation sites excluding steroid dienone is 10. The van der Waals surface area contributed by atoms with E-state index in [1.165, 1.54) is 18.1 Å². The molecule has 0 aromatic heterocycles. The third kappa shape index (κ3) is 25.7. The van der Waals surface area contributed by atoms with Crippen LogP contribution in [0.1, 0.15) is 133 Å². The first kappa shape index (κ1) is 92.7. The van der Waals surface area contributed by atoms with E-state index in [1.54, 1.807) is 0 Å². The van der Waals surface area contributed by atoms with E-state index in [0.29, 0.717) is 19.8 Å². The van der Waals surface area contributed by atoms with Crippen LogP contribution in [0.4, 0.5) is 4.79 Å². The van der Waals surface area contributed by atoms with E-state index in [4.69, 9.17) is 66.9 Å². The third-order valence-electron chi connectivity index (χ3n) is 19.0. The summed E-state index contributed by atoms with van der Waals surface area (Å²) in [6, 6.07) is -4.03. The third-order valence-corrected chi connectivity index (χ3v) is 19.9. The van der Waals surface area contributed by atoms with Gasteiger partial charge in [0.1, 0.15) is 102 Å². The number of hydrogen-bond acceptors (Lipinski definition) is 33. The maximum Gasteiger partial charge on any atom is 0.474 e. The topological polar surface area (TPSA) is 602 Å². The van der Waals surface area contributed by atoms with Crippen molar-refractivity contribution in [2.75, 3.05) is 26.4 Å². The second-order valence-electron chi connectivity index (χ2n) is 29.1. The summed E-state index contributed by atoms with van der Waals surface area (Å²) in [5.41, 5.74) is 6.50. The number of nitrogens with one attached hydrogen (secondary N) is 3. The molecule has 39 nitrogen and oxygen atoms in total. The van der Waals surface area contributed by atoms with E-state index in [1.807, 2.05) is 13.0 Å². The molecule has 0 spiro atoms. The quantitative estimate of drug-likeness (QED) is 0.0144. The number of ketones is 1. The molecule has 6 aliphatic rings. The highest BCUT2D eigenvalue weighted by Crippen LogP contribution is 2.49. The molecule has 0 radical (unpaired) electrons. The molecule has 40 heteroatoms. The smallest absolute Gasteiger partial charge is 0.474 e. The zero-order chi connectivity index (χ0) is 82.2. The summed E-state index contributed by atoms with van der Waals surface area (Å²) >= 11 is 0. The van der Waals surface area contributed by atoms with Crippen LogP contribution in [0, 0.1) is 5.41 Å². The average Bonchev–Trinajstić information content (AvgIpc) is 0.801. The molecule has 5 aliphatic heterocycles. The number of aliphatic hydroxyl groups is 12. The molecule has 6 rings (SSSR count). The van der Waals surface area contributed by atoms with E-state index >= 15 is 0 Å². The van der Waals surface area contributed by atoms with Gasteiger partial charge in [-0.05, 0) is 98.3 Å². The number of phosphoric acid groups is 1. The number of Topliss-reactive ketones (excluding diaryl/α,β-unsaturated/α-hetero) is 1. The van der Waals surface area contributed by atoms with Gasteiger partial charge < -0.3 is 145 Å². The lowest BCUT2D eigenvalue weighted by molar-refractivity contribution is -0.375. The van der Waals surface area contributed by atoms with Crippen LogP contribution in [0.25, 0.3) is 0 Å². The lowest BCUT2D eigenvalue weighted by atomic mass is 9.85. The first-order valence-corrected chi connectivity index (χ1v) is 37.3.